The van der Waals surface area contributed by atoms with Gasteiger partial charge >= 0.3 is 0 Å². The predicted octanol–water partition coefficient (Wildman–Crippen LogP) is 3.23. The number of benzene rings is 2. The summed E-state index contributed by atoms with van der Waals surface area (Å²) in [5.74, 6) is 2.22. The van der Waals surface area contributed by atoms with Crippen LogP contribution in [0.25, 0.3) is 0 Å². The van der Waals surface area contributed by atoms with Crippen LogP contribution in [0.1, 0.15) is 18.1 Å². The molecule has 2 aliphatic heterocycles. The molecular formula is C23H29ClN2O4. The molecule has 1 N–H and O–H groups in total. The number of hydrogen-bond acceptors (Lipinski definition) is 6. The van der Waals surface area contributed by atoms with E-state index in [4.69, 9.17) is 25.8 Å². The van der Waals surface area contributed by atoms with Gasteiger partial charge in [-0.2, -0.15) is 0 Å². The third-order valence-corrected chi connectivity index (χ3v) is 5.87. The van der Waals surface area contributed by atoms with Gasteiger partial charge in [0.1, 0.15) is 12.4 Å². The first-order valence-corrected chi connectivity index (χ1v) is 11.0. The molecule has 1 atom stereocenters. The smallest absolute Gasteiger partial charge is 0.161 e. The van der Waals surface area contributed by atoms with E-state index in [9.17, 15) is 5.11 Å². The number of halogens is 1. The van der Waals surface area contributed by atoms with Gasteiger partial charge in [-0.3, -0.25) is 9.80 Å². The Kier molecular flexibility index (Phi) is 7.33. The minimum atomic E-state index is -0.544. The predicted molar refractivity (Wildman–Crippen MR) is 117 cm³/mol. The van der Waals surface area contributed by atoms with E-state index in [0.29, 0.717) is 31.4 Å². The largest absolute Gasteiger partial charge is 0.491 e. The Labute approximate surface area is 182 Å². The van der Waals surface area contributed by atoms with E-state index >= 15 is 0 Å². The summed E-state index contributed by atoms with van der Waals surface area (Å²) in [5.41, 5.74) is 0.870. The van der Waals surface area contributed by atoms with Crippen LogP contribution in [0.15, 0.2) is 42.5 Å². The zero-order chi connectivity index (χ0) is 20.8. The minimum absolute atomic E-state index is 0.544. The van der Waals surface area contributed by atoms with Crippen LogP contribution in [-0.4, -0.2) is 74.0 Å². The van der Waals surface area contributed by atoms with Crippen molar-refractivity contribution < 1.29 is 19.3 Å². The van der Waals surface area contributed by atoms with Crippen molar-refractivity contribution >= 4 is 11.6 Å². The summed E-state index contributed by atoms with van der Waals surface area (Å²) in [4.78, 5) is 4.69. The molecule has 2 heterocycles. The fourth-order valence-corrected chi connectivity index (χ4v) is 3.97. The van der Waals surface area contributed by atoms with E-state index in [-0.39, 0.29) is 0 Å². The van der Waals surface area contributed by atoms with Crippen LogP contribution in [0, 0.1) is 0 Å². The maximum atomic E-state index is 10.7. The molecule has 1 fully saturated rings. The molecule has 30 heavy (non-hydrogen) atoms. The maximum Gasteiger partial charge on any atom is 0.161 e. The molecule has 2 aromatic rings. The Morgan fingerprint density at radius 2 is 1.70 bits per heavy atom. The number of hydrogen-bond donors (Lipinski definition) is 1. The third-order valence-electron chi connectivity index (χ3n) is 5.55. The molecule has 2 aliphatic rings. The summed E-state index contributed by atoms with van der Waals surface area (Å²) >= 11 is 6.13. The fourth-order valence-electron chi connectivity index (χ4n) is 3.78. The molecule has 4 rings (SSSR count). The summed E-state index contributed by atoms with van der Waals surface area (Å²) in [6.45, 7) is 7.18. The Morgan fingerprint density at radius 1 is 0.967 bits per heavy atom. The fraction of sp³-hybridized carbons (Fsp3) is 0.478. The maximum absolute atomic E-state index is 10.7. The molecule has 2 aromatic carbocycles. The van der Waals surface area contributed by atoms with Crippen LogP contribution < -0.4 is 14.2 Å². The second kappa shape index (κ2) is 10.4. The molecule has 0 spiro atoms. The molecule has 162 valence electrons. The summed E-state index contributed by atoms with van der Waals surface area (Å²) in [5, 5.41) is 11.4. The van der Waals surface area contributed by atoms with Crippen LogP contribution in [-0.2, 0) is 0 Å². The van der Waals surface area contributed by atoms with Gasteiger partial charge in [0.25, 0.3) is 0 Å². The molecule has 1 unspecified atom stereocenters. The Morgan fingerprint density at radius 3 is 2.50 bits per heavy atom. The number of β-amino-alcohol motifs (C(OH)–C–C–N with tert-alkyl or cyclic N) is 1. The van der Waals surface area contributed by atoms with E-state index in [0.717, 1.165) is 62.0 Å². The number of aliphatic hydroxyl groups is 1. The molecule has 1 saturated heterocycles. The van der Waals surface area contributed by atoms with Gasteiger partial charge in [-0.1, -0.05) is 29.8 Å². The second-order valence-corrected chi connectivity index (χ2v) is 8.10. The molecule has 0 aromatic heterocycles. The molecule has 7 heteroatoms. The first-order valence-electron chi connectivity index (χ1n) is 10.6. The van der Waals surface area contributed by atoms with E-state index in [2.05, 4.69) is 9.80 Å². The molecular weight excluding hydrogens is 404 g/mol. The van der Waals surface area contributed by atoms with Gasteiger partial charge in [0.2, 0.25) is 0 Å². The molecule has 6 nitrogen and oxygen atoms in total. The molecule has 0 radical (unpaired) electrons. The van der Waals surface area contributed by atoms with E-state index in [1.807, 2.05) is 42.5 Å². The van der Waals surface area contributed by atoms with Crippen LogP contribution in [0.2, 0.25) is 5.02 Å². The first-order chi connectivity index (χ1) is 14.7. The topological polar surface area (TPSA) is 54.4 Å². The molecule has 0 bridgehead atoms. The lowest BCUT2D eigenvalue weighted by Gasteiger charge is -2.35. The average Bonchev–Trinajstić information content (AvgIpc) is 3.01. The van der Waals surface area contributed by atoms with Crippen LogP contribution in [0.5, 0.6) is 17.2 Å². The van der Waals surface area contributed by atoms with Crippen molar-refractivity contribution in [3.63, 3.8) is 0 Å². The summed E-state index contributed by atoms with van der Waals surface area (Å²) in [7, 11) is 0. The van der Waals surface area contributed by atoms with Crippen molar-refractivity contribution in [2.24, 2.45) is 0 Å². The molecule has 0 amide bonds. The second-order valence-electron chi connectivity index (χ2n) is 7.69. The Balaban J connectivity index is 1.21. The average molecular weight is 433 g/mol. The first kappa shape index (κ1) is 21.2. The highest BCUT2D eigenvalue weighted by molar-refractivity contribution is 6.32. The highest BCUT2D eigenvalue weighted by Crippen LogP contribution is 2.32. The number of para-hydroxylation sites is 1. The van der Waals surface area contributed by atoms with E-state index in [1.165, 1.54) is 0 Å². The van der Waals surface area contributed by atoms with Crippen molar-refractivity contribution in [1.29, 1.82) is 0 Å². The standard InChI is InChI=1S/C23H29ClN2O4/c24-19-4-1-2-5-21(19)30-15-12-25-8-10-26(11-9-25)17-20(27)18-6-7-22-23(16-18)29-14-3-13-28-22/h1-2,4-7,16,20,27H,3,8-15,17H2. The highest BCUT2D eigenvalue weighted by atomic mass is 35.5. The summed E-state index contributed by atoms with van der Waals surface area (Å²) in [6, 6.07) is 13.3. The quantitative estimate of drug-likeness (QED) is 0.725. The van der Waals surface area contributed by atoms with Gasteiger partial charge in [-0.25, -0.2) is 0 Å². The number of aliphatic hydroxyl groups excluding tert-OH is 1. The third kappa shape index (κ3) is 5.58. The van der Waals surface area contributed by atoms with E-state index in [1.54, 1.807) is 0 Å². The summed E-state index contributed by atoms with van der Waals surface area (Å²) in [6.07, 6.45) is 0.331. The minimum Gasteiger partial charge on any atom is -0.491 e. The van der Waals surface area contributed by atoms with Gasteiger partial charge in [0.15, 0.2) is 11.5 Å². The van der Waals surface area contributed by atoms with Gasteiger partial charge in [0, 0.05) is 45.7 Å². The van der Waals surface area contributed by atoms with E-state index < -0.39 is 6.10 Å². The van der Waals surface area contributed by atoms with Crippen molar-refractivity contribution in [2.45, 2.75) is 12.5 Å². The van der Waals surface area contributed by atoms with Gasteiger partial charge in [-0.15, -0.1) is 0 Å². The number of piperazine rings is 1. The van der Waals surface area contributed by atoms with Crippen LogP contribution in [0.4, 0.5) is 0 Å². The number of nitrogens with zero attached hydrogens (tertiary/aromatic N) is 2. The van der Waals surface area contributed by atoms with Crippen molar-refractivity contribution in [2.75, 3.05) is 59.1 Å². The SMILES string of the molecule is OC(CN1CCN(CCOc2ccccc2Cl)CC1)c1ccc2c(c1)OCCCO2. The Bertz CT molecular complexity index is 827. The highest BCUT2D eigenvalue weighted by Gasteiger charge is 2.21. The zero-order valence-corrected chi connectivity index (χ0v) is 17.9. The van der Waals surface area contributed by atoms with Crippen LogP contribution in [0.3, 0.4) is 0 Å². The van der Waals surface area contributed by atoms with Crippen molar-refractivity contribution in [1.82, 2.24) is 9.80 Å². The van der Waals surface area contributed by atoms with Crippen molar-refractivity contribution in [3.8, 4) is 17.2 Å². The number of rotatable bonds is 7. The van der Waals surface area contributed by atoms with Gasteiger partial charge in [0.05, 0.1) is 24.3 Å². The lowest BCUT2D eigenvalue weighted by atomic mass is 10.1. The van der Waals surface area contributed by atoms with Gasteiger partial charge < -0.3 is 19.3 Å². The monoisotopic (exact) mass is 432 g/mol. The lowest BCUT2D eigenvalue weighted by molar-refractivity contribution is 0.0675. The number of fused-ring (bicyclic) bond motifs is 1. The van der Waals surface area contributed by atoms with Crippen molar-refractivity contribution in [3.05, 3.63) is 53.1 Å². The number of ether oxygens (including phenoxy) is 3. The Hall–Kier alpha value is -1.99. The zero-order valence-electron chi connectivity index (χ0n) is 17.1. The normalized spacial score (nSPS) is 18.6. The van der Waals surface area contributed by atoms with Gasteiger partial charge in [-0.05, 0) is 29.8 Å². The lowest BCUT2D eigenvalue weighted by Crippen LogP contribution is -2.48. The van der Waals surface area contributed by atoms with Crippen LogP contribution >= 0.6 is 11.6 Å². The molecule has 0 aliphatic carbocycles. The molecule has 0 saturated carbocycles. The summed E-state index contributed by atoms with van der Waals surface area (Å²) < 4.78 is 17.2.